The second kappa shape index (κ2) is 6.74. The minimum absolute atomic E-state index is 0.991. The lowest BCUT2D eigenvalue weighted by Crippen LogP contribution is -1.93. The number of nitrogens with zero attached hydrogens (tertiary/aromatic N) is 2. The van der Waals surface area contributed by atoms with Gasteiger partial charge in [0.05, 0.1) is 16.7 Å². The summed E-state index contributed by atoms with van der Waals surface area (Å²) in [6.45, 7) is 4.29. The molecule has 0 N–H and O–H groups in total. The number of unbranched alkanes of at least 4 members (excludes halogenated alkanes) is 3. The van der Waals surface area contributed by atoms with E-state index in [0.29, 0.717) is 0 Å². The van der Waals surface area contributed by atoms with E-state index in [-0.39, 0.29) is 0 Å². The third kappa shape index (κ3) is 3.45. The predicted octanol–water partition coefficient (Wildman–Crippen LogP) is 4.61. The molecule has 1 heterocycles. The van der Waals surface area contributed by atoms with Gasteiger partial charge in [0.2, 0.25) is 0 Å². The van der Waals surface area contributed by atoms with E-state index in [4.69, 9.17) is 4.98 Å². The number of aryl methyl sites for hydroxylation is 1. The maximum absolute atomic E-state index is 4.69. The molecule has 0 saturated heterocycles. The Kier molecular flexibility index (Phi) is 5.00. The summed E-state index contributed by atoms with van der Waals surface area (Å²) in [4.78, 5) is 9.30. The first-order chi connectivity index (χ1) is 8.81. The van der Waals surface area contributed by atoms with E-state index in [9.17, 15) is 0 Å². The fourth-order valence-corrected chi connectivity index (χ4v) is 2.87. The summed E-state index contributed by atoms with van der Waals surface area (Å²) < 4.78 is 0. The minimum atomic E-state index is 0.991. The fourth-order valence-electron chi connectivity index (χ4n) is 1.91. The highest BCUT2D eigenvalue weighted by atomic mass is 32.2. The second-order valence-electron chi connectivity index (χ2n) is 4.51. The summed E-state index contributed by atoms with van der Waals surface area (Å²) in [5, 5.41) is 1.09. The van der Waals surface area contributed by atoms with Gasteiger partial charge in [-0.3, -0.25) is 0 Å². The maximum atomic E-state index is 4.69. The van der Waals surface area contributed by atoms with Crippen LogP contribution in [0.1, 0.15) is 38.3 Å². The van der Waals surface area contributed by atoms with Gasteiger partial charge in [-0.1, -0.05) is 38.3 Å². The van der Waals surface area contributed by atoms with Crippen LogP contribution < -0.4 is 0 Å². The first kappa shape index (κ1) is 13.3. The molecular formula is C15H20N2S. The van der Waals surface area contributed by atoms with E-state index >= 15 is 0 Å². The Morgan fingerprint density at radius 3 is 2.44 bits per heavy atom. The van der Waals surface area contributed by atoms with E-state index in [0.717, 1.165) is 27.5 Å². The summed E-state index contributed by atoms with van der Waals surface area (Å²) in [6, 6.07) is 8.07. The summed E-state index contributed by atoms with van der Waals surface area (Å²) in [7, 11) is 0. The molecule has 2 aromatic rings. The van der Waals surface area contributed by atoms with Crippen LogP contribution in [0.15, 0.2) is 29.3 Å². The van der Waals surface area contributed by atoms with Crippen molar-refractivity contribution < 1.29 is 0 Å². The first-order valence-corrected chi connectivity index (χ1v) is 7.66. The van der Waals surface area contributed by atoms with Crippen molar-refractivity contribution in [2.75, 3.05) is 5.75 Å². The van der Waals surface area contributed by atoms with Crippen LogP contribution >= 0.6 is 11.8 Å². The molecule has 0 fully saturated rings. The Morgan fingerprint density at radius 1 is 1.00 bits per heavy atom. The zero-order chi connectivity index (χ0) is 12.8. The molecule has 2 nitrogen and oxygen atoms in total. The molecule has 0 aliphatic rings. The molecule has 1 aromatic heterocycles. The monoisotopic (exact) mass is 260 g/mol. The van der Waals surface area contributed by atoms with Crippen molar-refractivity contribution in [3.63, 3.8) is 0 Å². The van der Waals surface area contributed by atoms with Crippen molar-refractivity contribution in [3.05, 3.63) is 30.0 Å². The van der Waals surface area contributed by atoms with Gasteiger partial charge in [-0.2, -0.15) is 0 Å². The van der Waals surface area contributed by atoms with Crippen molar-refractivity contribution in [2.24, 2.45) is 0 Å². The summed E-state index contributed by atoms with van der Waals surface area (Å²) in [6.07, 6.45) is 5.22. The first-order valence-electron chi connectivity index (χ1n) is 6.67. The summed E-state index contributed by atoms with van der Waals surface area (Å²) in [5.41, 5.74) is 3.04. The number of hydrogen-bond acceptors (Lipinski definition) is 3. The third-order valence-electron chi connectivity index (χ3n) is 2.94. The third-order valence-corrected chi connectivity index (χ3v) is 4.09. The SMILES string of the molecule is CCCCCCSc1nc2ccccc2nc1C. The fraction of sp³-hybridized carbons (Fsp3) is 0.467. The van der Waals surface area contributed by atoms with Crippen molar-refractivity contribution in [2.45, 2.75) is 44.6 Å². The summed E-state index contributed by atoms with van der Waals surface area (Å²) >= 11 is 1.84. The molecule has 0 radical (unpaired) electrons. The quantitative estimate of drug-likeness (QED) is 0.560. The lowest BCUT2D eigenvalue weighted by Gasteiger charge is -2.06. The van der Waals surface area contributed by atoms with Gasteiger partial charge in [0.1, 0.15) is 5.03 Å². The highest BCUT2D eigenvalue weighted by molar-refractivity contribution is 7.99. The van der Waals surface area contributed by atoms with Crippen molar-refractivity contribution >= 4 is 22.8 Å². The number of benzene rings is 1. The normalized spacial score (nSPS) is 11.0. The topological polar surface area (TPSA) is 25.8 Å². The predicted molar refractivity (Wildman–Crippen MR) is 79.1 cm³/mol. The Hall–Kier alpha value is -1.09. The Balaban J connectivity index is 2.01. The highest BCUT2D eigenvalue weighted by Gasteiger charge is 2.05. The van der Waals surface area contributed by atoms with Crippen LogP contribution in [-0.2, 0) is 0 Å². The van der Waals surface area contributed by atoms with E-state index < -0.39 is 0 Å². The van der Waals surface area contributed by atoms with Gasteiger partial charge in [0.25, 0.3) is 0 Å². The zero-order valence-corrected chi connectivity index (χ0v) is 12.0. The number of hydrogen-bond donors (Lipinski definition) is 0. The lowest BCUT2D eigenvalue weighted by atomic mass is 10.2. The Bertz CT molecular complexity index is 511. The molecule has 3 heteroatoms. The number of aromatic nitrogens is 2. The largest absolute Gasteiger partial charge is 0.249 e. The van der Waals surface area contributed by atoms with E-state index in [1.54, 1.807) is 0 Å². The molecule has 2 rings (SSSR count). The van der Waals surface area contributed by atoms with E-state index in [1.165, 1.54) is 25.7 Å². The molecule has 0 aliphatic heterocycles. The number of fused-ring (bicyclic) bond motifs is 1. The summed E-state index contributed by atoms with van der Waals surface area (Å²) in [5.74, 6) is 1.15. The zero-order valence-electron chi connectivity index (χ0n) is 11.1. The highest BCUT2D eigenvalue weighted by Crippen LogP contribution is 2.23. The molecule has 18 heavy (non-hydrogen) atoms. The van der Waals surface area contributed by atoms with Gasteiger partial charge >= 0.3 is 0 Å². The Labute approximate surface area is 113 Å². The molecule has 1 aromatic carbocycles. The van der Waals surface area contributed by atoms with Crippen LogP contribution in [0.5, 0.6) is 0 Å². The van der Waals surface area contributed by atoms with Crippen molar-refractivity contribution in [3.8, 4) is 0 Å². The molecule has 0 atom stereocenters. The molecule has 96 valence electrons. The number of rotatable bonds is 6. The standard InChI is InChI=1S/C15H20N2S/c1-3-4-5-8-11-18-15-12(2)16-13-9-6-7-10-14(13)17-15/h6-7,9-10H,3-5,8,11H2,1-2H3. The van der Waals surface area contributed by atoms with Crippen LogP contribution in [0, 0.1) is 6.92 Å². The Morgan fingerprint density at radius 2 is 1.72 bits per heavy atom. The molecule has 0 aliphatic carbocycles. The average molecular weight is 260 g/mol. The second-order valence-corrected chi connectivity index (χ2v) is 5.60. The molecule has 0 bridgehead atoms. The van der Waals surface area contributed by atoms with Crippen LogP contribution in [0.3, 0.4) is 0 Å². The van der Waals surface area contributed by atoms with Gasteiger partial charge in [-0.05, 0) is 31.2 Å². The minimum Gasteiger partial charge on any atom is -0.249 e. The van der Waals surface area contributed by atoms with Gasteiger partial charge in [0, 0.05) is 0 Å². The lowest BCUT2D eigenvalue weighted by molar-refractivity contribution is 0.706. The average Bonchev–Trinajstić information content (AvgIpc) is 2.39. The van der Waals surface area contributed by atoms with Gasteiger partial charge in [-0.25, -0.2) is 9.97 Å². The maximum Gasteiger partial charge on any atom is 0.118 e. The molecular weight excluding hydrogens is 240 g/mol. The number of thioether (sulfide) groups is 1. The van der Waals surface area contributed by atoms with Crippen LogP contribution in [0.25, 0.3) is 11.0 Å². The molecule has 0 spiro atoms. The van der Waals surface area contributed by atoms with E-state index in [2.05, 4.69) is 11.9 Å². The van der Waals surface area contributed by atoms with Crippen molar-refractivity contribution in [1.29, 1.82) is 0 Å². The molecule has 0 amide bonds. The van der Waals surface area contributed by atoms with Gasteiger partial charge < -0.3 is 0 Å². The van der Waals surface area contributed by atoms with Crippen LogP contribution in [0.2, 0.25) is 0 Å². The number of para-hydroxylation sites is 2. The van der Waals surface area contributed by atoms with Crippen molar-refractivity contribution in [1.82, 2.24) is 9.97 Å². The molecule has 0 unspecified atom stereocenters. The van der Waals surface area contributed by atoms with Crippen LogP contribution in [-0.4, -0.2) is 15.7 Å². The van der Waals surface area contributed by atoms with E-state index in [1.807, 2.05) is 43.0 Å². The molecule has 0 saturated carbocycles. The van der Waals surface area contributed by atoms with Gasteiger partial charge in [0.15, 0.2) is 0 Å². The van der Waals surface area contributed by atoms with Crippen LogP contribution in [0.4, 0.5) is 0 Å². The van der Waals surface area contributed by atoms with Gasteiger partial charge in [-0.15, -0.1) is 11.8 Å². The smallest absolute Gasteiger partial charge is 0.118 e.